The number of nitrogen functional groups attached to an aromatic ring is 1. The van der Waals surface area contributed by atoms with Crippen molar-refractivity contribution in [2.45, 2.75) is 6.42 Å². The number of benzene rings is 3. The standard InChI is InChI=1S/C26H26N6O2/c27-14-3-15-34-24-5-2-1-4-22(24)23-16-25(30-17-29-23)31-20-10-12-21(13-11-20)32-26(33)18-6-8-19(28)9-7-18/h1-2,4-13,16-17H,3,14-15,27-28H2,(H,32,33)(H,29,30,31). The van der Waals surface area contributed by atoms with Crippen LogP contribution in [0.15, 0.2) is 85.2 Å². The summed E-state index contributed by atoms with van der Waals surface area (Å²) in [7, 11) is 0. The van der Waals surface area contributed by atoms with Gasteiger partial charge in [0.15, 0.2) is 0 Å². The van der Waals surface area contributed by atoms with Crippen LogP contribution in [0.4, 0.5) is 22.9 Å². The number of ether oxygens (including phenoxy) is 1. The highest BCUT2D eigenvalue weighted by atomic mass is 16.5. The molecule has 0 saturated carbocycles. The van der Waals surface area contributed by atoms with Crippen molar-refractivity contribution in [3.8, 4) is 17.0 Å². The fourth-order valence-electron chi connectivity index (χ4n) is 3.27. The summed E-state index contributed by atoms with van der Waals surface area (Å²) >= 11 is 0. The number of anilines is 4. The van der Waals surface area contributed by atoms with Gasteiger partial charge in [-0.3, -0.25) is 4.79 Å². The van der Waals surface area contributed by atoms with Gasteiger partial charge in [-0.2, -0.15) is 0 Å². The van der Waals surface area contributed by atoms with Gasteiger partial charge in [0.25, 0.3) is 5.91 Å². The van der Waals surface area contributed by atoms with Gasteiger partial charge in [-0.1, -0.05) is 12.1 Å². The lowest BCUT2D eigenvalue weighted by Crippen LogP contribution is -2.11. The number of hydrogen-bond donors (Lipinski definition) is 4. The van der Waals surface area contributed by atoms with Crippen molar-refractivity contribution in [2.75, 3.05) is 29.5 Å². The van der Waals surface area contributed by atoms with Crippen LogP contribution in [0.5, 0.6) is 5.75 Å². The van der Waals surface area contributed by atoms with Gasteiger partial charge in [0, 0.05) is 34.3 Å². The SMILES string of the molecule is NCCCOc1ccccc1-c1cc(Nc2ccc(NC(=O)c3ccc(N)cc3)cc2)ncn1. The maximum Gasteiger partial charge on any atom is 0.255 e. The van der Waals surface area contributed by atoms with Crippen LogP contribution in [0.2, 0.25) is 0 Å². The third-order valence-electron chi connectivity index (χ3n) is 5.02. The normalized spacial score (nSPS) is 10.5. The highest BCUT2D eigenvalue weighted by molar-refractivity contribution is 6.04. The molecule has 0 saturated heterocycles. The van der Waals surface area contributed by atoms with Crippen molar-refractivity contribution in [3.63, 3.8) is 0 Å². The van der Waals surface area contributed by atoms with Crippen LogP contribution in [-0.2, 0) is 0 Å². The molecular formula is C26H26N6O2. The van der Waals surface area contributed by atoms with Crippen LogP contribution < -0.4 is 26.8 Å². The summed E-state index contributed by atoms with van der Waals surface area (Å²) < 4.78 is 5.87. The summed E-state index contributed by atoms with van der Waals surface area (Å²) in [5.41, 5.74) is 15.5. The largest absolute Gasteiger partial charge is 0.493 e. The molecular weight excluding hydrogens is 428 g/mol. The first-order valence-corrected chi connectivity index (χ1v) is 10.9. The number of amides is 1. The van der Waals surface area contributed by atoms with Gasteiger partial charge in [-0.25, -0.2) is 9.97 Å². The van der Waals surface area contributed by atoms with Gasteiger partial charge >= 0.3 is 0 Å². The Morgan fingerprint density at radius 3 is 2.41 bits per heavy atom. The average Bonchev–Trinajstić information content (AvgIpc) is 2.86. The first-order chi connectivity index (χ1) is 16.6. The Kier molecular flexibility index (Phi) is 7.32. The zero-order valence-corrected chi connectivity index (χ0v) is 18.6. The van der Waals surface area contributed by atoms with Gasteiger partial charge in [0.05, 0.1) is 12.3 Å². The molecule has 4 rings (SSSR count). The number of carbonyl (C=O) groups excluding carboxylic acids is 1. The summed E-state index contributed by atoms with van der Waals surface area (Å²) in [5, 5.41) is 6.14. The molecule has 1 amide bonds. The Morgan fingerprint density at radius 2 is 1.65 bits per heavy atom. The van der Waals surface area contributed by atoms with E-state index in [2.05, 4.69) is 20.6 Å². The quantitative estimate of drug-likeness (QED) is 0.217. The van der Waals surface area contributed by atoms with Crippen LogP contribution >= 0.6 is 0 Å². The van der Waals surface area contributed by atoms with Gasteiger partial charge in [-0.05, 0) is 73.6 Å². The zero-order chi connectivity index (χ0) is 23.8. The lowest BCUT2D eigenvalue weighted by molar-refractivity contribution is 0.102. The molecule has 8 nitrogen and oxygen atoms in total. The summed E-state index contributed by atoms with van der Waals surface area (Å²) in [5.74, 6) is 1.19. The average molecular weight is 455 g/mol. The van der Waals surface area contributed by atoms with Crippen LogP contribution in [-0.4, -0.2) is 29.0 Å². The molecule has 1 heterocycles. The Morgan fingerprint density at radius 1 is 0.912 bits per heavy atom. The van der Waals surface area contributed by atoms with Crippen LogP contribution in [0.1, 0.15) is 16.8 Å². The molecule has 6 N–H and O–H groups in total. The van der Waals surface area contributed by atoms with E-state index in [0.717, 1.165) is 29.1 Å². The van der Waals surface area contributed by atoms with Crippen LogP contribution in [0, 0.1) is 0 Å². The Bertz CT molecular complexity index is 1240. The smallest absolute Gasteiger partial charge is 0.255 e. The summed E-state index contributed by atoms with van der Waals surface area (Å²) in [6.07, 6.45) is 2.29. The molecule has 3 aromatic carbocycles. The number of para-hydroxylation sites is 1. The van der Waals surface area contributed by atoms with E-state index in [4.69, 9.17) is 16.2 Å². The van der Waals surface area contributed by atoms with Crippen molar-refractivity contribution in [3.05, 3.63) is 90.8 Å². The maximum atomic E-state index is 12.4. The molecule has 0 bridgehead atoms. The number of nitrogens with two attached hydrogens (primary N) is 2. The highest BCUT2D eigenvalue weighted by Gasteiger charge is 2.09. The van der Waals surface area contributed by atoms with Crippen molar-refractivity contribution in [1.82, 2.24) is 9.97 Å². The Hall–Kier alpha value is -4.43. The summed E-state index contributed by atoms with van der Waals surface area (Å²) in [6.45, 7) is 1.12. The molecule has 0 aliphatic heterocycles. The number of aromatic nitrogens is 2. The molecule has 0 aliphatic rings. The molecule has 0 fully saturated rings. The topological polar surface area (TPSA) is 128 Å². The second kappa shape index (κ2) is 10.9. The lowest BCUT2D eigenvalue weighted by Gasteiger charge is -2.12. The molecule has 0 spiro atoms. The van der Waals surface area contributed by atoms with Gasteiger partial charge in [0.1, 0.15) is 17.9 Å². The number of hydrogen-bond acceptors (Lipinski definition) is 7. The summed E-state index contributed by atoms with van der Waals surface area (Å²) in [6, 6.07) is 23.7. The minimum atomic E-state index is -0.200. The molecule has 8 heteroatoms. The molecule has 0 radical (unpaired) electrons. The molecule has 34 heavy (non-hydrogen) atoms. The molecule has 172 valence electrons. The zero-order valence-electron chi connectivity index (χ0n) is 18.6. The van der Waals surface area contributed by atoms with Crippen molar-refractivity contribution >= 4 is 28.8 Å². The van der Waals surface area contributed by atoms with E-state index in [1.807, 2.05) is 54.6 Å². The van der Waals surface area contributed by atoms with E-state index in [1.54, 1.807) is 24.3 Å². The molecule has 0 unspecified atom stereocenters. The van der Waals surface area contributed by atoms with E-state index in [-0.39, 0.29) is 5.91 Å². The van der Waals surface area contributed by atoms with E-state index >= 15 is 0 Å². The van der Waals surface area contributed by atoms with Crippen LogP contribution in [0.3, 0.4) is 0 Å². The van der Waals surface area contributed by atoms with E-state index in [1.165, 1.54) is 6.33 Å². The summed E-state index contributed by atoms with van der Waals surface area (Å²) in [4.78, 5) is 21.1. The van der Waals surface area contributed by atoms with E-state index in [9.17, 15) is 4.79 Å². The Balaban J connectivity index is 1.43. The van der Waals surface area contributed by atoms with E-state index < -0.39 is 0 Å². The molecule has 1 aromatic heterocycles. The van der Waals surface area contributed by atoms with Crippen LogP contribution in [0.25, 0.3) is 11.3 Å². The van der Waals surface area contributed by atoms with Gasteiger partial charge in [0.2, 0.25) is 0 Å². The number of rotatable bonds is 9. The second-order valence-electron chi connectivity index (χ2n) is 7.55. The number of nitrogens with one attached hydrogen (secondary N) is 2. The molecule has 0 atom stereocenters. The first kappa shape index (κ1) is 22.8. The molecule has 0 aliphatic carbocycles. The van der Waals surface area contributed by atoms with E-state index in [0.29, 0.717) is 35.9 Å². The maximum absolute atomic E-state index is 12.4. The first-order valence-electron chi connectivity index (χ1n) is 10.9. The predicted octanol–water partition coefficient (Wildman–Crippen LogP) is 4.45. The number of carbonyl (C=O) groups is 1. The lowest BCUT2D eigenvalue weighted by atomic mass is 10.1. The second-order valence-corrected chi connectivity index (χ2v) is 7.55. The minimum absolute atomic E-state index is 0.200. The van der Waals surface area contributed by atoms with Crippen molar-refractivity contribution in [1.29, 1.82) is 0 Å². The van der Waals surface area contributed by atoms with Crippen molar-refractivity contribution < 1.29 is 9.53 Å². The Labute approximate surface area is 198 Å². The fraction of sp³-hybridized carbons (Fsp3) is 0.115. The predicted molar refractivity (Wildman–Crippen MR) is 135 cm³/mol. The fourth-order valence-corrected chi connectivity index (χ4v) is 3.27. The third-order valence-corrected chi connectivity index (χ3v) is 5.02. The third kappa shape index (κ3) is 5.87. The highest BCUT2D eigenvalue weighted by Crippen LogP contribution is 2.30. The number of nitrogens with zero attached hydrogens (tertiary/aromatic N) is 2. The molecule has 4 aromatic rings. The van der Waals surface area contributed by atoms with Gasteiger partial charge in [-0.15, -0.1) is 0 Å². The minimum Gasteiger partial charge on any atom is -0.493 e. The van der Waals surface area contributed by atoms with Gasteiger partial charge < -0.3 is 26.8 Å². The van der Waals surface area contributed by atoms with Crippen molar-refractivity contribution in [2.24, 2.45) is 5.73 Å². The monoisotopic (exact) mass is 454 g/mol.